The fraction of sp³-hybridized carbons (Fsp3) is 0.261. The molecule has 6 rings (SSSR count). The van der Waals surface area contributed by atoms with E-state index >= 15 is 0 Å². The summed E-state index contributed by atoms with van der Waals surface area (Å²) in [5.41, 5.74) is 6.85. The average molecular weight is 431 g/mol. The number of likely N-dealkylation sites (tertiary alicyclic amines) is 1. The molecule has 0 saturated carbocycles. The number of nitrogens with one attached hydrogen (secondary N) is 3. The van der Waals surface area contributed by atoms with E-state index in [0.29, 0.717) is 24.4 Å². The van der Waals surface area contributed by atoms with E-state index in [9.17, 15) is 9.50 Å². The second-order valence-electron chi connectivity index (χ2n) is 8.34. The highest BCUT2D eigenvalue weighted by atomic mass is 19.1. The van der Waals surface area contributed by atoms with Crippen molar-refractivity contribution in [2.75, 3.05) is 13.1 Å². The van der Waals surface area contributed by atoms with Gasteiger partial charge in [0.15, 0.2) is 0 Å². The van der Waals surface area contributed by atoms with Gasteiger partial charge >= 0.3 is 0 Å². The first-order valence-electron chi connectivity index (χ1n) is 10.7. The van der Waals surface area contributed by atoms with Crippen LogP contribution in [-0.2, 0) is 13.2 Å². The number of hydrogen-bond donors (Lipinski definition) is 4. The maximum atomic E-state index is 13.5. The van der Waals surface area contributed by atoms with Crippen LogP contribution in [0.4, 0.5) is 4.39 Å². The Bertz CT molecular complexity index is 1420. The van der Waals surface area contributed by atoms with Crippen LogP contribution in [0.15, 0.2) is 42.5 Å². The first kappa shape index (κ1) is 19.1. The molecular weight excluding hydrogens is 409 g/mol. The molecule has 1 aliphatic rings. The zero-order valence-electron chi connectivity index (χ0n) is 17.3. The topological polar surface area (TPSA) is 110 Å². The highest BCUT2D eigenvalue weighted by Crippen LogP contribution is 2.32. The van der Waals surface area contributed by atoms with Crippen LogP contribution in [0.5, 0.6) is 0 Å². The van der Waals surface area contributed by atoms with Gasteiger partial charge in [0.2, 0.25) is 0 Å². The van der Waals surface area contributed by atoms with Crippen molar-refractivity contribution < 1.29 is 9.50 Å². The summed E-state index contributed by atoms with van der Waals surface area (Å²) in [5, 5.41) is 29.9. The van der Waals surface area contributed by atoms with Gasteiger partial charge in [-0.1, -0.05) is 12.1 Å². The second-order valence-corrected chi connectivity index (χ2v) is 8.34. The fourth-order valence-corrected chi connectivity index (χ4v) is 4.56. The Morgan fingerprint density at radius 1 is 1.03 bits per heavy atom. The first-order chi connectivity index (χ1) is 15.7. The predicted octanol–water partition coefficient (Wildman–Crippen LogP) is 3.53. The Hall–Kier alpha value is -3.56. The molecule has 32 heavy (non-hydrogen) atoms. The van der Waals surface area contributed by atoms with E-state index in [1.807, 2.05) is 18.2 Å². The number of rotatable bonds is 5. The van der Waals surface area contributed by atoms with E-state index in [1.165, 1.54) is 5.56 Å². The fourth-order valence-electron chi connectivity index (χ4n) is 4.56. The van der Waals surface area contributed by atoms with Gasteiger partial charge in [0.05, 0.1) is 17.8 Å². The van der Waals surface area contributed by atoms with Gasteiger partial charge in [-0.15, -0.1) is 0 Å². The molecule has 4 N–H and O–H groups in total. The van der Waals surface area contributed by atoms with Gasteiger partial charge in [-0.3, -0.25) is 10.00 Å². The summed E-state index contributed by atoms with van der Waals surface area (Å²) in [4.78, 5) is 5.62. The Morgan fingerprint density at radius 3 is 2.81 bits per heavy atom. The molecule has 3 aromatic heterocycles. The summed E-state index contributed by atoms with van der Waals surface area (Å²) in [6.07, 6.45) is -0.0757. The van der Waals surface area contributed by atoms with Crippen LogP contribution in [0.3, 0.4) is 0 Å². The van der Waals surface area contributed by atoms with Crippen molar-refractivity contribution in [3.8, 4) is 22.6 Å². The maximum absolute atomic E-state index is 13.5. The third-order valence-electron chi connectivity index (χ3n) is 6.17. The smallest absolute Gasteiger partial charge is 0.118 e. The molecule has 1 fully saturated rings. The van der Waals surface area contributed by atoms with Crippen LogP contribution in [0.25, 0.3) is 44.5 Å². The molecule has 4 heterocycles. The Morgan fingerprint density at radius 2 is 1.97 bits per heavy atom. The molecule has 0 amide bonds. The van der Waals surface area contributed by atoms with Gasteiger partial charge in [0.1, 0.15) is 23.3 Å². The minimum Gasteiger partial charge on any atom is -0.390 e. The third-order valence-corrected chi connectivity index (χ3v) is 6.17. The lowest BCUT2D eigenvalue weighted by molar-refractivity contribution is 0.277. The second kappa shape index (κ2) is 7.54. The number of aliphatic hydroxyl groups is 1. The Labute approximate surface area is 182 Å². The minimum atomic E-state index is -0.703. The molecule has 1 aliphatic heterocycles. The number of H-pyrrole nitrogens is 3. The van der Waals surface area contributed by atoms with E-state index in [2.05, 4.69) is 59.8 Å². The largest absolute Gasteiger partial charge is 0.390 e. The van der Waals surface area contributed by atoms with Gasteiger partial charge in [-0.05, 0) is 42.3 Å². The molecule has 9 heteroatoms. The lowest BCUT2D eigenvalue weighted by Crippen LogP contribution is -2.20. The van der Waals surface area contributed by atoms with Crippen molar-refractivity contribution in [3.63, 3.8) is 0 Å². The monoisotopic (exact) mass is 431 g/mol. The molecule has 2 aromatic carbocycles. The van der Waals surface area contributed by atoms with E-state index in [0.717, 1.165) is 51.8 Å². The number of nitrogens with zero attached hydrogens (tertiary/aromatic N) is 4. The highest BCUT2D eigenvalue weighted by molar-refractivity contribution is 5.97. The van der Waals surface area contributed by atoms with Crippen molar-refractivity contribution >= 4 is 21.8 Å². The van der Waals surface area contributed by atoms with Gasteiger partial charge in [-0.25, -0.2) is 4.39 Å². The molecule has 8 nitrogen and oxygen atoms in total. The number of alkyl halides is 1. The number of fused-ring (bicyclic) bond motifs is 2. The highest BCUT2D eigenvalue weighted by Gasteiger charge is 2.21. The van der Waals surface area contributed by atoms with Crippen molar-refractivity contribution in [2.45, 2.75) is 25.7 Å². The number of aromatic nitrogens is 6. The summed E-state index contributed by atoms with van der Waals surface area (Å²) in [7, 11) is 0. The molecular formula is C23H22FN7O. The molecule has 0 radical (unpaired) electrons. The van der Waals surface area contributed by atoms with Crippen molar-refractivity contribution in [2.24, 2.45) is 0 Å². The number of halogens is 1. The van der Waals surface area contributed by atoms with Crippen molar-refractivity contribution in [1.29, 1.82) is 0 Å². The van der Waals surface area contributed by atoms with Gasteiger partial charge < -0.3 is 10.1 Å². The van der Waals surface area contributed by atoms with Gasteiger partial charge in [-0.2, -0.15) is 20.5 Å². The zero-order chi connectivity index (χ0) is 21.7. The van der Waals surface area contributed by atoms with Crippen LogP contribution in [-0.4, -0.2) is 59.9 Å². The number of aliphatic hydroxyl groups excluding tert-OH is 1. The molecule has 162 valence electrons. The average Bonchev–Trinajstić information content (AvgIpc) is 3.58. The number of aromatic amines is 3. The SMILES string of the molecule is OCc1n[nH]nc1-c1ccc2c(-c3cc4cc(CN5CC[C@@H](F)C5)ccc4[nH]3)n[nH]c2c1. The van der Waals surface area contributed by atoms with Crippen LogP contribution in [0.2, 0.25) is 0 Å². The lowest BCUT2D eigenvalue weighted by atomic mass is 10.1. The molecule has 0 unspecified atom stereocenters. The molecule has 0 aliphatic carbocycles. The molecule has 5 aromatic rings. The summed E-state index contributed by atoms with van der Waals surface area (Å²) in [5.74, 6) is 0. The first-order valence-corrected chi connectivity index (χ1v) is 10.7. The summed E-state index contributed by atoms with van der Waals surface area (Å²) >= 11 is 0. The lowest BCUT2D eigenvalue weighted by Gasteiger charge is -2.14. The van der Waals surface area contributed by atoms with E-state index in [4.69, 9.17) is 0 Å². The van der Waals surface area contributed by atoms with Crippen molar-refractivity contribution in [1.82, 2.24) is 35.5 Å². The van der Waals surface area contributed by atoms with E-state index < -0.39 is 6.17 Å². The molecule has 1 atom stereocenters. The normalized spacial score (nSPS) is 17.1. The maximum Gasteiger partial charge on any atom is 0.118 e. The summed E-state index contributed by atoms with van der Waals surface area (Å²) in [6.45, 7) is 1.92. The van der Waals surface area contributed by atoms with E-state index in [-0.39, 0.29) is 6.61 Å². The van der Waals surface area contributed by atoms with Crippen LogP contribution in [0.1, 0.15) is 17.7 Å². The Kier molecular flexibility index (Phi) is 4.51. The van der Waals surface area contributed by atoms with Crippen LogP contribution in [0, 0.1) is 0 Å². The quantitative estimate of drug-likeness (QED) is 0.340. The van der Waals surface area contributed by atoms with Gasteiger partial charge in [0, 0.05) is 41.5 Å². The number of benzene rings is 2. The summed E-state index contributed by atoms with van der Waals surface area (Å²) in [6, 6.07) is 14.3. The number of hydrogen-bond acceptors (Lipinski definition) is 5. The minimum absolute atomic E-state index is 0.179. The molecule has 0 bridgehead atoms. The standard InChI is InChI=1S/C23H22FN7O/c24-16-5-6-31(11-16)10-13-1-4-18-15(7-13)9-20(25-18)23-17-3-2-14(8-19(17)26-28-23)22-21(12-32)27-30-29-22/h1-4,7-9,16,25,32H,5-6,10-12H2,(H,26,28)(H,27,29,30)/t16-/m1/s1. The predicted molar refractivity (Wildman–Crippen MR) is 119 cm³/mol. The summed E-state index contributed by atoms with van der Waals surface area (Å²) < 4.78 is 13.5. The zero-order valence-corrected chi connectivity index (χ0v) is 17.3. The van der Waals surface area contributed by atoms with Crippen molar-refractivity contribution in [3.05, 3.63) is 53.7 Å². The Balaban J connectivity index is 1.32. The van der Waals surface area contributed by atoms with Gasteiger partial charge in [0.25, 0.3) is 0 Å². The third kappa shape index (κ3) is 3.26. The van der Waals surface area contributed by atoms with Crippen LogP contribution >= 0.6 is 0 Å². The van der Waals surface area contributed by atoms with Crippen LogP contribution < -0.4 is 0 Å². The van der Waals surface area contributed by atoms with E-state index in [1.54, 1.807) is 0 Å². The molecule has 0 spiro atoms. The molecule has 1 saturated heterocycles.